The summed E-state index contributed by atoms with van der Waals surface area (Å²) >= 11 is 1.31. The van der Waals surface area contributed by atoms with Crippen molar-refractivity contribution < 1.29 is 18.0 Å². The number of nitrogens with zero attached hydrogens (tertiary/aromatic N) is 3. The van der Waals surface area contributed by atoms with Crippen molar-refractivity contribution in [1.29, 1.82) is 5.26 Å². The highest BCUT2D eigenvalue weighted by Gasteiger charge is 2.29. The maximum atomic E-state index is 12.4. The van der Waals surface area contributed by atoms with Crippen molar-refractivity contribution in [3.63, 3.8) is 0 Å². The van der Waals surface area contributed by atoms with Crippen LogP contribution in [0.1, 0.15) is 34.0 Å². The first-order chi connectivity index (χ1) is 11.2. The fraction of sp³-hybridized carbons (Fsp3) is 0.400. The number of carbonyl (C=O) groups excluding carboxylic acids is 1. The SMILES string of the molecule is CC(C)Cc1ccc(C(=O)Nc2nn(CC(F)(F)F)cc2C#N)s1. The molecule has 9 heteroatoms. The number of nitriles is 1. The normalized spacial score (nSPS) is 11.5. The van der Waals surface area contributed by atoms with Crippen molar-refractivity contribution in [3.8, 4) is 6.07 Å². The zero-order valence-corrected chi connectivity index (χ0v) is 13.8. The van der Waals surface area contributed by atoms with Crippen molar-refractivity contribution in [2.24, 2.45) is 5.92 Å². The Morgan fingerprint density at radius 1 is 1.46 bits per heavy atom. The van der Waals surface area contributed by atoms with Crippen LogP contribution in [0.3, 0.4) is 0 Å². The topological polar surface area (TPSA) is 70.7 Å². The molecule has 0 aliphatic heterocycles. The molecule has 1 N–H and O–H groups in total. The second-order valence-corrected chi connectivity index (χ2v) is 6.80. The lowest BCUT2D eigenvalue weighted by Gasteiger charge is -2.05. The van der Waals surface area contributed by atoms with Crippen LogP contribution < -0.4 is 5.32 Å². The number of anilines is 1. The molecule has 0 atom stereocenters. The molecule has 0 aromatic carbocycles. The number of halogens is 3. The molecule has 2 heterocycles. The fourth-order valence-electron chi connectivity index (χ4n) is 2.04. The number of alkyl halides is 3. The van der Waals surface area contributed by atoms with Gasteiger partial charge in [-0.15, -0.1) is 11.3 Å². The van der Waals surface area contributed by atoms with Gasteiger partial charge in [-0.3, -0.25) is 9.48 Å². The maximum Gasteiger partial charge on any atom is 0.408 e. The number of carbonyl (C=O) groups is 1. The van der Waals surface area contributed by atoms with Gasteiger partial charge in [0.25, 0.3) is 5.91 Å². The van der Waals surface area contributed by atoms with E-state index < -0.39 is 18.6 Å². The summed E-state index contributed by atoms with van der Waals surface area (Å²) in [6.07, 6.45) is -2.66. The van der Waals surface area contributed by atoms with Gasteiger partial charge in [-0.2, -0.15) is 23.5 Å². The summed E-state index contributed by atoms with van der Waals surface area (Å²) in [5, 5.41) is 15.0. The molecule has 0 unspecified atom stereocenters. The molecule has 24 heavy (non-hydrogen) atoms. The quantitative estimate of drug-likeness (QED) is 0.885. The van der Waals surface area contributed by atoms with Gasteiger partial charge in [0.2, 0.25) is 0 Å². The van der Waals surface area contributed by atoms with Crippen LogP contribution in [-0.4, -0.2) is 21.9 Å². The van der Waals surface area contributed by atoms with Gasteiger partial charge < -0.3 is 5.32 Å². The fourth-order valence-corrected chi connectivity index (χ4v) is 3.16. The first kappa shape index (κ1) is 18.0. The summed E-state index contributed by atoms with van der Waals surface area (Å²) in [5.74, 6) is -0.225. The van der Waals surface area contributed by atoms with Crippen molar-refractivity contribution in [1.82, 2.24) is 9.78 Å². The molecule has 0 aliphatic rings. The molecule has 2 aromatic rings. The second kappa shape index (κ2) is 7.05. The Labute approximate surface area is 140 Å². The van der Waals surface area contributed by atoms with Crippen LogP contribution >= 0.6 is 11.3 Å². The molecule has 128 valence electrons. The Balaban J connectivity index is 2.14. The van der Waals surface area contributed by atoms with Crippen LogP contribution in [0.4, 0.5) is 19.0 Å². The van der Waals surface area contributed by atoms with Crippen molar-refractivity contribution in [3.05, 3.63) is 33.6 Å². The highest BCUT2D eigenvalue weighted by Crippen LogP contribution is 2.23. The zero-order chi connectivity index (χ0) is 17.9. The second-order valence-electron chi connectivity index (χ2n) is 5.63. The number of hydrogen-bond acceptors (Lipinski definition) is 4. The third kappa shape index (κ3) is 4.83. The van der Waals surface area contributed by atoms with E-state index in [0.29, 0.717) is 15.5 Å². The van der Waals surface area contributed by atoms with E-state index in [-0.39, 0.29) is 11.4 Å². The molecule has 0 fully saturated rings. The van der Waals surface area contributed by atoms with E-state index in [2.05, 4.69) is 24.3 Å². The number of amides is 1. The van der Waals surface area contributed by atoms with Crippen LogP contribution in [0.5, 0.6) is 0 Å². The monoisotopic (exact) mass is 356 g/mol. The Morgan fingerprint density at radius 3 is 2.75 bits per heavy atom. The Bertz CT molecular complexity index is 771. The van der Waals surface area contributed by atoms with Crippen LogP contribution in [-0.2, 0) is 13.0 Å². The first-order valence-corrected chi connectivity index (χ1v) is 7.94. The van der Waals surface area contributed by atoms with Gasteiger partial charge in [-0.05, 0) is 24.5 Å². The van der Waals surface area contributed by atoms with Gasteiger partial charge >= 0.3 is 6.18 Å². The number of hydrogen-bond donors (Lipinski definition) is 1. The summed E-state index contributed by atoms with van der Waals surface area (Å²) in [5.41, 5.74) is -0.119. The molecule has 2 rings (SSSR count). The molecule has 0 bridgehead atoms. The molecule has 1 amide bonds. The molecular weight excluding hydrogens is 341 g/mol. The molecular formula is C15H15F3N4OS. The van der Waals surface area contributed by atoms with E-state index in [9.17, 15) is 18.0 Å². The summed E-state index contributed by atoms with van der Waals surface area (Å²) in [6.45, 7) is 2.80. The summed E-state index contributed by atoms with van der Waals surface area (Å²) in [4.78, 5) is 13.7. The van der Waals surface area contributed by atoms with Gasteiger partial charge in [0, 0.05) is 11.1 Å². The number of nitrogens with one attached hydrogen (secondary N) is 1. The molecule has 0 radical (unpaired) electrons. The number of rotatable bonds is 5. The van der Waals surface area contributed by atoms with Crippen molar-refractivity contribution in [2.75, 3.05) is 5.32 Å². The van der Waals surface area contributed by atoms with Crippen LogP contribution in [0.2, 0.25) is 0 Å². The Kier molecular flexibility index (Phi) is 5.29. The molecule has 0 spiro atoms. The van der Waals surface area contributed by atoms with Gasteiger partial charge in [0.1, 0.15) is 18.2 Å². The third-order valence-corrected chi connectivity index (χ3v) is 4.06. The molecule has 0 saturated carbocycles. The number of aromatic nitrogens is 2. The summed E-state index contributed by atoms with van der Waals surface area (Å²) in [6, 6.07) is 5.22. The van der Waals surface area contributed by atoms with Crippen LogP contribution in [0, 0.1) is 17.2 Å². The molecule has 0 aliphatic carbocycles. The summed E-state index contributed by atoms with van der Waals surface area (Å²) in [7, 11) is 0. The molecule has 5 nitrogen and oxygen atoms in total. The van der Waals surface area contributed by atoms with E-state index in [1.807, 2.05) is 6.07 Å². The average Bonchev–Trinajstić information content (AvgIpc) is 3.03. The molecule has 0 saturated heterocycles. The minimum Gasteiger partial charge on any atom is -0.303 e. The lowest BCUT2D eigenvalue weighted by atomic mass is 10.1. The maximum absolute atomic E-state index is 12.4. The van der Waals surface area contributed by atoms with E-state index in [1.54, 1.807) is 12.1 Å². The van der Waals surface area contributed by atoms with Gasteiger partial charge in [0.05, 0.1) is 4.88 Å². The standard InChI is InChI=1S/C15H15F3N4OS/c1-9(2)5-11-3-4-12(24-11)14(23)20-13-10(6-19)7-22(21-13)8-15(16,17)18/h3-4,7,9H,5,8H2,1-2H3,(H,20,21,23). The van der Waals surface area contributed by atoms with E-state index in [1.165, 1.54) is 11.3 Å². The summed E-state index contributed by atoms with van der Waals surface area (Å²) < 4.78 is 37.8. The molecule has 2 aromatic heterocycles. The first-order valence-electron chi connectivity index (χ1n) is 7.12. The third-order valence-electron chi connectivity index (χ3n) is 2.95. The Morgan fingerprint density at radius 2 is 2.17 bits per heavy atom. The minimum atomic E-state index is -4.46. The van der Waals surface area contributed by atoms with Crippen LogP contribution in [0.25, 0.3) is 0 Å². The smallest absolute Gasteiger partial charge is 0.303 e. The average molecular weight is 356 g/mol. The van der Waals surface area contributed by atoms with Crippen molar-refractivity contribution in [2.45, 2.75) is 33.0 Å². The van der Waals surface area contributed by atoms with Crippen molar-refractivity contribution >= 4 is 23.1 Å². The largest absolute Gasteiger partial charge is 0.408 e. The minimum absolute atomic E-state index is 0.119. The van der Waals surface area contributed by atoms with E-state index in [0.717, 1.165) is 17.5 Å². The predicted octanol–water partition coefficient (Wildman–Crippen LogP) is 3.83. The zero-order valence-electron chi connectivity index (χ0n) is 13.0. The van der Waals surface area contributed by atoms with E-state index in [4.69, 9.17) is 5.26 Å². The van der Waals surface area contributed by atoms with Gasteiger partial charge in [0.15, 0.2) is 5.82 Å². The predicted molar refractivity (Wildman–Crippen MR) is 83.8 cm³/mol. The van der Waals surface area contributed by atoms with E-state index >= 15 is 0 Å². The van der Waals surface area contributed by atoms with Gasteiger partial charge in [-0.25, -0.2) is 0 Å². The highest BCUT2D eigenvalue weighted by atomic mass is 32.1. The highest BCUT2D eigenvalue weighted by molar-refractivity contribution is 7.14. The van der Waals surface area contributed by atoms with Gasteiger partial charge in [-0.1, -0.05) is 13.8 Å². The lowest BCUT2D eigenvalue weighted by Crippen LogP contribution is -2.18. The lowest BCUT2D eigenvalue weighted by molar-refractivity contribution is -0.142. The van der Waals surface area contributed by atoms with Crippen LogP contribution in [0.15, 0.2) is 18.3 Å². The number of thiophene rings is 1. The Hall–Kier alpha value is -2.34.